The Bertz CT molecular complexity index is 1030. The van der Waals surface area contributed by atoms with Crippen LogP contribution >= 0.6 is 11.8 Å². The highest BCUT2D eigenvalue weighted by Crippen LogP contribution is 2.28. The number of thioether (sulfide) groups is 1. The van der Waals surface area contributed by atoms with Crippen LogP contribution in [-0.2, 0) is 10.5 Å². The van der Waals surface area contributed by atoms with Gasteiger partial charge in [0.05, 0.1) is 5.92 Å². The first-order valence-corrected chi connectivity index (χ1v) is 11.8. The van der Waals surface area contributed by atoms with Crippen molar-refractivity contribution in [3.8, 4) is 0 Å². The molecule has 0 spiro atoms. The highest BCUT2D eigenvalue weighted by atomic mass is 32.2. The van der Waals surface area contributed by atoms with E-state index in [1.165, 1.54) is 11.8 Å². The molecule has 1 saturated heterocycles. The summed E-state index contributed by atoms with van der Waals surface area (Å²) in [5.41, 5.74) is 3.21. The van der Waals surface area contributed by atoms with Gasteiger partial charge in [0.15, 0.2) is 5.58 Å². The number of hydrogen-bond donors (Lipinski definition) is 1. The lowest BCUT2D eigenvalue weighted by Crippen LogP contribution is -2.45. The summed E-state index contributed by atoms with van der Waals surface area (Å²) in [5, 5.41) is 3.56. The first-order valence-electron chi connectivity index (χ1n) is 10.8. The molecule has 162 valence electrons. The number of rotatable bonds is 7. The van der Waals surface area contributed by atoms with E-state index in [1.807, 2.05) is 60.4 Å². The lowest BCUT2D eigenvalue weighted by atomic mass is 9.96. The molecule has 2 aromatic carbocycles. The van der Waals surface area contributed by atoms with Gasteiger partial charge in [-0.3, -0.25) is 9.59 Å². The second kappa shape index (κ2) is 10.0. The van der Waals surface area contributed by atoms with E-state index < -0.39 is 0 Å². The molecule has 0 saturated carbocycles. The third kappa shape index (κ3) is 5.10. The van der Waals surface area contributed by atoms with E-state index >= 15 is 0 Å². The van der Waals surface area contributed by atoms with Gasteiger partial charge < -0.3 is 14.6 Å². The van der Waals surface area contributed by atoms with Gasteiger partial charge in [0, 0.05) is 31.0 Å². The van der Waals surface area contributed by atoms with Crippen molar-refractivity contribution in [2.45, 2.75) is 37.2 Å². The molecule has 1 fully saturated rings. The number of fused-ring (bicyclic) bond motifs is 1. The molecule has 0 aliphatic carbocycles. The van der Waals surface area contributed by atoms with Crippen molar-refractivity contribution in [2.75, 3.05) is 19.6 Å². The van der Waals surface area contributed by atoms with E-state index in [-0.39, 0.29) is 17.7 Å². The monoisotopic (exact) mass is 437 g/mol. The molecule has 2 amide bonds. The number of amides is 2. The Hall–Kier alpha value is -2.80. The summed E-state index contributed by atoms with van der Waals surface area (Å²) in [6.45, 7) is 3.87. The van der Waals surface area contributed by atoms with E-state index in [2.05, 4.69) is 10.3 Å². The van der Waals surface area contributed by atoms with E-state index in [9.17, 15) is 9.59 Å². The zero-order chi connectivity index (χ0) is 21.6. The van der Waals surface area contributed by atoms with Gasteiger partial charge >= 0.3 is 0 Å². The van der Waals surface area contributed by atoms with Crippen LogP contribution in [0.3, 0.4) is 0 Å². The van der Waals surface area contributed by atoms with Crippen molar-refractivity contribution in [2.24, 2.45) is 5.92 Å². The Balaban J connectivity index is 1.44. The van der Waals surface area contributed by atoms with Crippen LogP contribution in [0.2, 0.25) is 0 Å². The van der Waals surface area contributed by atoms with Crippen molar-refractivity contribution in [3.05, 3.63) is 59.7 Å². The van der Waals surface area contributed by atoms with Crippen LogP contribution < -0.4 is 5.32 Å². The van der Waals surface area contributed by atoms with Crippen LogP contribution in [0, 0.1) is 5.92 Å². The van der Waals surface area contributed by atoms with Crippen molar-refractivity contribution < 1.29 is 14.0 Å². The average Bonchev–Trinajstić information content (AvgIpc) is 3.24. The Morgan fingerprint density at radius 3 is 2.84 bits per heavy atom. The number of nitrogens with one attached hydrogen (secondary N) is 1. The molecule has 1 atom stereocenters. The Labute approximate surface area is 186 Å². The van der Waals surface area contributed by atoms with Crippen LogP contribution in [0.5, 0.6) is 0 Å². The molecule has 31 heavy (non-hydrogen) atoms. The topological polar surface area (TPSA) is 75.4 Å². The highest BCUT2D eigenvalue weighted by molar-refractivity contribution is 7.98. The molecule has 3 aromatic rings. The first kappa shape index (κ1) is 21.4. The van der Waals surface area contributed by atoms with Gasteiger partial charge in [0.2, 0.25) is 5.91 Å². The summed E-state index contributed by atoms with van der Waals surface area (Å²) in [6, 6.07) is 15.3. The fourth-order valence-electron chi connectivity index (χ4n) is 3.85. The number of para-hydroxylation sites is 2. The maximum absolute atomic E-state index is 13.3. The minimum Gasteiger partial charge on any atom is -0.431 e. The predicted molar refractivity (Wildman–Crippen MR) is 122 cm³/mol. The molecule has 1 aliphatic rings. The van der Waals surface area contributed by atoms with Gasteiger partial charge in [-0.2, -0.15) is 0 Å². The summed E-state index contributed by atoms with van der Waals surface area (Å²) in [5.74, 6) is 0.495. The van der Waals surface area contributed by atoms with Crippen molar-refractivity contribution in [3.63, 3.8) is 0 Å². The molecule has 1 aliphatic heterocycles. The number of benzene rings is 2. The van der Waals surface area contributed by atoms with E-state index in [0.29, 0.717) is 36.2 Å². The number of oxazole rings is 1. The van der Waals surface area contributed by atoms with Crippen LogP contribution in [0.15, 0.2) is 58.2 Å². The lowest BCUT2D eigenvalue weighted by molar-refractivity contribution is -0.126. The summed E-state index contributed by atoms with van der Waals surface area (Å²) < 4.78 is 5.79. The molecule has 1 N–H and O–H groups in total. The zero-order valence-corrected chi connectivity index (χ0v) is 18.5. The zero-order valence-electron chi connectivity index (χ0n) is 17.7. The Morgan fingerprint density at radius 2 is 2.00 bits per heavy atom. The fourth-order valence-corrected chi connectivity index (χ4v) is 4.69. The Kier molecular flexibility index (Phi) is 6.92. The second-order valence-corrected chi connectivity index (χ2v) is 8.70. The maximum atomic E-state index is 13.3. The molecule has 0 bridgehead atoms. The summed E-state index contributed by atoms with van der Waals surface area (Å²) in [6.07, 6.45) is 2.58. The number of carbonyl (C=O) groups excluding carboxylic acids is 2. The summed E-state index contributed by atoms with van der Waals surface area (Å²) in [4.78, 5) is 32.0. The van der Waals surface area contributed by atoms with Crippen LogP contribution in [-0.4, -0.2) is 41.3 Å². The highest BCUT2D eigenvalue weighted by Gasteiger charge is 2.29. The number of aromatic nitrogens is 1. The number of carbonyl (C=O) groups is 2. The van der Waals surface area contributed by atoms with Crippen molar-refractivity contribution >= 4 is 34.7 Å². The fraction of sp³-hybridized carbons (Fsp3) is 0.375. The van der Waals surface area contributed by atoms with Crippen molar-refractivity contribution in [1.82, 2.24) is 15.2 Å². The van der Waals surface area contributed by atoms with Crippen LogP contribution in [0.1, 0.15) is 42.1 Å². The first-order chi connectivity index (χ1) is 15.2. The third-order valence-corrected chi connectivity index (χ3v) is 6.38. The van der Waals surface area contributed by atoms with Crippen molar-refractivity contribution in [1.29, 1.82) is 0 Å². The largest absolute Gasteiger partial charge is 0.431 e. The normalized spacial score (nSPS) is 16.4. The van der Waals surface area contributed by atoms with E-state index in [4.69, 9.17) is 4.42 Å². The Morgan fingerprint density at radius 1 is 1.19 bits per heavy atom. The molecule has 7 heteroatoms. The molecule has 2 heterocycles. The molecule has 0 radical (unpaired) electrons. The van der Waals surface area contributed by atoms with Gasteiger partial charge in [-0.15, -0.1) is 0 Å². The quantitative estimate of drug-likeness (QED) is 0.551. The third-order valence-electron chi connectivity index (χ3n) is 5.50. The number of nitrogens with zero attached hydrogens (tertiary/aromatic N) is 2. The summed E-state index contributed by atoms with van der Waals surface area (Å²) in [7, 11) is 0. The van der Waals surface area contributed by atoms with Gasteiger partial charge in [0.1, 0.15) is 5.52 Å². The molecule has 4 rings (SSSR count). The molecule has 1 unspecified atom stereocenters. The number of hydrogen-bond acceptors (Lipinski definition) is 5. The smallest absolute Gasteiger partial charge is 0.257 e. The van der Waals surface area contributed by atoms with Crippen LogP contribution in [0.4, 0.5) is 0 Å². The van der Waals surface area contributed by atoms with Gasteiger partial charge in [-0.25, -0.2) is 4.98 Å². The maximum Gasteiger partial charge on any atom is 0.257 e. The van der Waals surface area contributed by atoms with E-state index in [0.717, 1.165) is 35.9 Å². The molecule has 1 aromatic heterocycles. The second-order valence-electron chi connectivity index (χ2n) is 7.77. The number of likely N-dealkylation sites (tertiary alicyclic amines) is 1. The number of piperidine rings is 1. The predicted octanol–water partition coefficient (Wildman–Crippen LogP) is 4.50. The standard InChI is InChI=1S/C24H27N3O3S/c1-2-13-25-22(28)17-9-7-14-27(15-17)23(29)19-10-4-3-8-18(19)16-31-24-26-20-11-5-6-12-21(20)30-24/h3-6,8,10-12,17H,2,7,9,13-16H2,1H3,(H,25,28). The SMILES string of the molecule is CCCNC(=O)C1CCCN(C(=O)c2ccccc2CSc2nc3ccccc3o2)C1. The minimum atomic E-state index is -0.134. The average molecular weight is 438 g/mol. The van der Waals surface area contributed by atoms with Gasteiger partial charge in [0.25, 0.3) is 11.1 Å². The van der Waals surface area contributed by atoms with Crippen LogP contribution in [0.25, 0.3) is 11.1 Å². The summed E-state index contributed by atoms with van der Waals surface area (Å²) >= 11 is 1.48. The van der Waals surface area contributed by atoms with Gasteiger partial charge in [-0.05, 0) is 43.0 Å². The van der Waals surface area contributed by atoms with E-state index in [1.54, 1.807) is 0 Å². The van der Waals surface area contributed by atoms with Gasteiger partial charge in [-0.1, -0.05) is 49.0 Å². The molecular weight excluding hydrogens is 410 g/mol. The molecular formula is C24H27N3O3S. The minimum absolute atomic E-state index is 0.0123. The molecule has 6 nitrogen and oxygen atoms in total. The lowest BCUT2D eigenvalue weighted by Gasteiger charge is -2.32.